The molecule has 0 radical (unpaired) electrons. The number of furan rings is 1. The highest BCUT2D eigenvalue weighted by Gasteiger charge is 2.20. The zero-order valence-electron chi connectivity index (χ0n) is 18.0. The number of carbonyl (C=O) groups excluding carboxylic acids is 1. The largest absolute Gasteiger partial charge is 0.463 e. The van der Waals surface area contributed by atoms with Crippen molar-refractivity contribution in [3.8, 4) is 11.5 Å². The Morgan fingerprint density at radius 1 is 1.16 bits per heavy atom. The van der Waals surface area contributed by atoms with E-state index < -0.39 is 0 Å². The predicted molar refractivity (Wildman–Crippen MR) is 120 cm³/mol. The lowest BCUT2D eigenvalue weighted by Gasteiger charge is -2.21. The van der Waals surface area contributed by atoms with Gasteiger partial charge in [0.2, 0.25) is 0 Å². The van der Waals surface area contributed by atoms with Crippen molar-refractivity contribution in [1.29, 1.82) is 0 Å². The summed E-state index contributed by atoms with van der Waals surface area (Å²) in [5.41, 5.74) is 2.84. The predicted octanol–water partition coefficient (Wildman–Crippen LogP) is 4.50. The molecule has 32 heavy (non-hydrogen) atoms. The molecule has 0 atom stereocenters. The molecule has 0 unspecified atom stereocenters. The number of hydrogen-bond acceptors (Lipinski definition) is 7. The number of aryl methyl sites for hydroxylation is 1. The fourth-order valence-corrected chi connectivity index (χ4v) is 4.11. The Morgan fingerprint density at radius 3 is 2.72 bits per heavy atom. The summed E-state index contributed by atoms with van der Waals surface area (Å²) >= 11 is 0. The van der Waals surface area contributed by atoms with Crippen LogP contribution in [-0.4, -0.2) is 34.1 Å². The van der Waals surface area contributed by atoms with Crippen molar-refractivity contribution in [3.05, 3.63) is 59.6 Å². The molecule has 8 heteroatoms. The quantitative estimate of drug-likeness (QED) is 0.497. The van der Waals surface area contributed by atoms with Crippen molar-refractivity contribution in [2.24, 2.45) is 0 Å². The molecular formula is C24H25N5O3. The molecule has 1 amide bonds. The summed E-state index contributed by atoms with van der Waals surface area (Å²) < 4.78 is 10.8. The number of anilines is 1. The molecule has 0 aromatic carbocycles. The van der Waals surface area contributed by atoms with E-state index in [0.717, 1.165) is 24.5 Å². The van der Waals surface area contributed by atoms with Gasteiger partial charge in [0.15, 0.2) is 5.76 Å². The molecule has 5 rings (SSSR count). The molecule has 1 aliphatic rings. The van der Waals surface area contributed by atoms with Gasteiger partial charge in [0.25, 0.3) is 11.6 Å². The van der Waals surface area contributed by atoms with Crippen LogP contribution in [0.2, 0.25) is 0 Å². The number of nitrogens with one attached hydrogen (secondary N) is 1. The lowest BCUT2D eigenvalue weighted by Crippen LogP contribution is -2.25. The summed E-state index contributed by atoms with van der Waals surface area (Å²) in [6.07, 6.45) is 8.40. The minimum Gasteiger partial charge on any atom is -0.463 e. The molecule has 0 aliphatic carbocycles. The van der Waals surface area contributed by atoms with Gasteiger partial charge in [-0.05, 0) is 49.6 Å². The highest BCUT2D eigenvalue weighted by molar-refractivity contribution is 6.06. The number of amides is 1. The van der Waals surface area contributed by atoms with E-state index in [-0.39, 0.29) is 5.91 Å². The zero-order valence-corrected chi connectivity index (χ0v) is 18.0. The van der Waals surface area contributed by atoms with E-state index in [9.17, 15) is 4.79 Å². The van der Waals surface area contributed by atoms with Crippen LogP contribution >= 0.6 is 0 Å². The lowest BCUT2D eigenvalue weighted by atomic mass is 10.1. The number of carbonyl (C=O) groups is 1. The van der Waals surface area contributed by atoms with Gasteiger partial charge in [-0.2, -0.15) is 0 Å². The maximum absolute atomic E-state index is 13.1. The molecule has 5 heterocycles. The third-order valence-electron chi connectivity index (χ3n) is 5.83. The molecular weight excluding hydrogens is 406 g/mol. The normalized spacial score (nSPS) is 14.5. The first kappa shape index (κ1) is 20.2. The summed E-state index contributed by atoms with van der Waals surface area (Å²) in [6, 6.07) is 9.33. The summed E-state index contributed by atoms with van der Waals surface area (Å²) in [5, 5.41) is 7.57. The van der Waals surface area contributed by atoms with Crippen molar-refractivity contribution in [1.82, 2.24) is 20.4 Å². The fraction of sp³-hybridized carbons (Fsp3) is 0.333. The number of hydrogen-bond donors (Lipinski definition) is 1. The molecule has 1 saturated heterocycles. The minimum absolute atomic E-state index is 0.229. The SMILES string of the molecule is Cc1noc2nc(-c3ccco3)cc(C(=O)NCc3ccc(N4CCCCCC4)nc3)c12. The Morgan fingerprint density at radius 2 is 2.00 bits per heavy atom. The lowest BCUT2D eigenvalue weighted by molar-refractivity contribution is 0.0952. The van der Waals surface area contributed by atoms with Gasteiger partial charge in [0.1, 0.15) is 11.5 Å². The van der Waals surface area contributed by atoms with E-state index in [1.165, 1.54) is 25.7 Å². The van der Waals surface area contributed by atoms with Gasteiger partial charge >= 0.3 is 0 Å². The van der Waals surface area contributed by atoms with Gasteiger partial charge in [-0.1, -0.05) is 24.1 Å². The summed E-state index contributed by atoms with van der Waals surface area (Å²) in [5.74, 6) is 1.33. The molecule has 1 fully saturated rings. The highest BCUT2D eigenvalue weighted by Crippen LogP contribution is 2.27. The molecule has 8 nitrogen and oxygen atoms in total. The van der Waals surface area contributed by atoms with E-state index in [1.807, 2.05) is 18.3 Å². The fourth-order valence-electron chi connectivity index (χ4n) is 4.11. The van der Waals surface area contributed by atoms with Crippen LogP contribution in [0.25, 0.3) is 22.6 Å². The van der Waals surface area contributed by atoms with Gasteiger partial charge in [-0.3, -0.25) is 4.79 Å². The smallest absolute Gasteiger partial charge is 0.259 e. The van der Waals surface area contributed by atoms with Crippen LogP contribution in [-0.2, 0) is 6.54 Å². The maximum Gasteiger partial charge on any atom is 0.259 e. The maximum atomic E-state index is 13.1. The zero-order chi connectivity index (χ0) is 21.9. The van der Waals surface area contributed by atoms with Crippen LogP contribution in [0.4, 0.5) is 5.82 Å². The molecule has 1 N–H and O–H groups in total. The first-order valence-corrected chi connectivity index (χ1v) is 11.0. The van der Waals surface area contributed by atoms with E-state index in [4.69, 9.17) is 8.94 Å². The summed E-state index contributed by atoms with van der Waals surface area (Å²) in [7, 11) is 0. The van der Waals surface area contributed by atoms with Crippen molar-refractivity contribution < 1.29 is 13.7 Å². The second kappa shape index (κ2) is 8.82. The summed E-state index contributed by atoms with van der Waals surface area (Å²) in [6.45, 7) is 4.27. The summed E-state index contributed by atoms with van der Waals surface area (Å²) in [4.78, 5) is 24.5. The molecule has 0 bridgehead atoms. The Labute approximate surface area is 185 Å². The second-order valence-electron chi connectivity index (χ2n) is 8.09. The van der Waals surface area contributed by atoms with E-state index in [0.29, 0.717) is 40.4 Å². The third-order valence-corrected chi connectivity index (χ3v) is 5.83. The van der Waals surface area contributed by atoms with Crippen LogP contribution < -0.4 is 10.2 Å². The second-order valence-corrected chi connectivity index (χ2v) is 8.09. The molecule has 0 saturated carbocycles. The van der Waals surface area contributed by atoms with Crippen LogP contribution in [0.15, 0.2) is 51.7 Å². The minimum atomic E-state index is -0.229. The Kier molecular flexibility index (Phi) is 5.58. The number of fused-ring (bicyclic) bond motifs is 1. The molecule has 4 aromatic heterocycles. The van der Waals surface area contributed by atoms with Gasteiger partial charge in [-0.15, -0.1) is 0 Å². The number of rotatable bonds is 5. The average Bonchev–Trinajstić information content (AvgIpc) is 3.40. The first-order valence-electron chi connectivity index (χ1n) is 11.0. The Bertz CT molecular complexity index is 1210. The van der Waals surface area contributed by atoms with Crippen molar-refractivity contribution in [3.63, 3.8) is 0 Å². The first-order chi connectivity index (χ1) is 15.7. The average molecular weight is 431 g/mol. The van der Waals surface area contributed by atoms with Gasteiger partial charge in [-0.25, -0.2) is 9.97 Å². The molecule has 1 aliphatic heterocycles. The highest BCUT2D eigenvalue weighted by atomic mass is 16.5. The standard InChI is InChI=1S/C24H25N5O3/c1-16-22-18(13-19(20-7-6-12-31-20)27-24(22)32-28-16)23(30)26-15-17-8-9-21(25-14-17)29-10-4-2-3-5-11-29/h6-9,12-14H,2-5,10-11,15H2,1H3,(H,26,30). The van der Waals surface area contributed by atoms with Gasteiger partial charge in [0.05, 0.1) is 22.9 Å². The van der Waals surface area contributed by atoms with Crippen LogP contribution in [0.1, 0.15) is 47.3 Å². The van der Waals surface area contributed by atoms with Crippen molar-refractivity contribution >= 4 is 22.8 Å². The molecule has 4 aromatic rings. The van der Waals surface area contributed by atoms with Crippen molar-refractivity contribution in [2.75, 3.05) is 18.0 Å². The van der Waals surface area contributed by atoms with Crippen LogP contribution in [0.5, 0.6) is 0 Å². The van der Waals surface area contributed by atoms with Gasteiger partial charge in [0, 0.05) is 25.8 Å². The van der Waals surface area contributed by atoms with E-state index in [1.54, 1.807) is 31.4 Å². The topological polar surface area (TPSA) is 97.3 Å². The molecule has 164 valence electrons. The Balaban J connectivity index is 1.33. The van der Waals surface area contributed by atoms with Gasteiger partial charge < -0.3 is 19.2 Å². The van der Waals surface area contributed by atoms with E-state index >= 15 is 0 Å². The third kappa shape index (κ3) is 4.08. The monoisotopic (exact) mass is 431 g/mol. The Hall–Kier alpha value is -3.68. The van der Waals surface area contributed by atoms with Crippen LogP contribution in [0, 0.1) is 6.92 Å². The number of aromatic nitrogens is 3. The number of pyridine rings is 2. The van der Waals surface area contributed by atoms with Crippen LogP contribution in [0.3, 0.4) is 0 Å². The number of nitrogens with zero attached hydrogens (tertiary/aromatic N) is 4. The van der Waals surface area contributed by atoms with Crippen molar-refractivity contribution in [2.45, 2.75) is 39.2 Å². The molecule has 0 spiro atoms. The van der Waals surface area contributed by atoms with E-state index in [2.05, 4.69) is 25.3 Å².